The quantitative estimate of drug-likeness (QED) is 0.861. The van der Waals surface area contributed by atoms with E-state index >= 15 is 0 Å². The van der Waals surface area contributed by atoms with Gasteiger partial charge in [0.2, 0.25) is 0 Å². The Morgan fingerprint density at radius 2 is 2.17 bits per heavy atom. The van der Waals surface area contributed by atoms with Gasteiger partial charge in [0.15, 0.2) is 0 Å². The van der Waals surface area contributed by atoms with Gasteiger partial charge in [0.25, 0.3) is 0 Å². The van der Waals surface area contributed by atoms with Gasteiger partial charge >= 0.3 is 5.97 Å². The average molecular weight is 249 g/mol. The van der Waals surface area contributed by atoms with Crippen molar-refractivity contribution in [2.24, 2.45) is 0 Å². The molecular weight excluding hydrogens is 230 g/mol. The molecule has 1 aromatic carbocycles. The van der Waals surface area contributed by atoms with Gasteiger partial charge in [-0.05, 0) is 43.5 Å². The third-order valence-electron chi connectivity index (χ3n) is 3.33. The molecule has 1 heterocycles. The average Bonchev–Trinajstić information content (AvgIpc) is 2.39. The van der Waals surface area contributed by atoms with E-state index in [-0.39, 0.29) is 0 Å². The third kappa shape index (κ3) is 3.23. The number of aromatic carboxylic acids is 1. The number of anilines is 1. The van der Waals surface area contributed by atoms with E-state index in [1.54, 1.807) is 12.1 Å². The van der Waals surface area contributed by atoms with Crippen LogP contribution in [-0.2, 0) is 4.74 Å². The fourth-order valence-electron chi connectivity index (χ4n) is 2.24. The highest BCUT2D eigenvalue weighted by molar-refractivity contribution is 5.87. The molecule has 0 aliphatic carbocycles. The summed E-state index contributed by atoms with van der Waals surface area (Å²) in [5.74, 6) is -0.890. The molecule has 1 fully saturated rings. The first-order chi connectivity index (χ1) is 8.69. The zero-order valence-corrected chi connectivity index (χ0v) is 10.6. The fraction of sp³-hybridized carbons (Fsp3) is 0.500. The fourth-order valence-corrected chi connectivity index (χ4v) is 2.24. The number of carboxylic acid groups (broad SMARTS) is 1. The Kier molecular flexibility index (Phi) is 4.20. The number of carboxylic acids is 1. The van der Waals surface area contributed by atoms with Crippen molar-refractivity contribution in [1.82, 2.24) is 0 Å². The normalized spacial score (nSPS) is 23.6. The van der Waals surface area contributed by atoms with Gasteiger partial charge in [-0.1, -0.05) is 6.92 Å². The third-order valence-corrected chi connectivity index (χ3v) is 3.33. The number of hydrogen-bond donors (Lipinski definition) is 2. The molecule has 98 valence electrons. The molecular formula is C14H19NO3. The summed E-state index contributed by atoms with van der Waals surface area (Å²) in [5, 5.41) is 12.3. The highest BCUT2D eigenvalue weighted by atomic mass is 16.5. The standard InChI is InChI=1S/C14H19NO3/c1-2-13-9-12(7-8-18-13)15-11-5-3-10(4-6-11)14(16)17/h3-6,12-13,15H,2,7-9H2,1H3,(H,16,17). The van der Waals surface area contributed by atoms with Gasteiger partial charge in [0.05, 0.1) is 11.7 Å². The van der Waals surface area contributed by atoms with Gasteiger partial charge in [-0.15, -0.1) is 0 Å². The lowest BCUT2D eigenvalue weighted by Crippen LogP contribution is -2.33. The second-order valence-electron chi connectivity index (χ2n) is 4.65. The van der Waals surface area contributed by atoms with Crippen LogP contribution in [-0.4, -0.2) is 29.8 Å². The van der Waals surface area contributed by atoms with Gasteiger partial charge in [-0.3, -0.25) is 0 Å². The topological polar surface area (TPSA) is 58.6 Å². The summed E-state index contributed by atoms with van der Waals surface area (Å²) < 4.78 is 5.63. The molecule has 1 aromatic rings. The van der Waals surface area contributed by atoms with E-state index in [9.17, 15) is 4.79 Å². The second kappa shape index (κ2) is 5.87. The molecule has 2 unspecified atom stereocenters. The van der Waals surface area contributed by atoms with Gasteiger partial charge in [-0.25, -0.2) is 4.79 Å². The van der Waals surface area contributed by atoms with E-state index in [1.807, 2.05) is 12.1 Å². The van der Waals surface area contributed by atoms with Crippen LogP contribution >= 0.6 is 0 Å². The SMILES string of the molecule is CCC1CC(Nc2ccc(C(=O)O)cc2)CCO1. The maximum atomic E-state index is 10.7. The van der Waals surface area contributed by atoms with Crippen molar-refractivity contribution >= 4 is 11.7 Å². The number of carbonyl (C=O) groups is 1. The smallest absolute Gasteiger partial charge is 0.335 e. The van der Waals surface area contributed by atoms with Crippen molar-refractivity contribution in [3.8, 4) is 0 Å². The van der Waals surface area contributed by atoms with Crippen LogP contribution in [0.1, 0.15) is 36.5 Å². The van der Waals surface area contributed by atoms with Crippen LogP contribution in [0.5, 0.6) is 0 Å². The van der Waals surface area contributed by atoms with E-state index in [2.05, 4.69) is 12.2 Å². The second-order valence-corrected chi connectivity index (χ2v) is 4.65. The number of hydrogen-bond acceptors (Lipinski definition) is 3. The zero-order chi connectivity index (χ0) is 13.0. The van der Waals surface area contributed by atoms with Crippen molar-refractivity contribution in [1.29, 1.82) is 0 Å². The molecule has 4 nitrogen and oxygen atoms in total. The number of rotatable bonds is 4. The highest BCUT2D eigenvalue weighted by Crippen LogP contribution is 2.20. The number of ether oxygens (including phenoxy) is 1. The molecule has 1 aliphatic rings. The summed E-state index contributed by atoms with van der Waals surface area (Å²) in [4.78, 5) is 10.7. The molecule has 2 N–H and O–H groups in total. The molecule has 1 aliphatic heterocycles. The Labute approximate surface area is 107 Å². The molecule has 0 saturated carbocycles. The monoisotopic (exact) mass is 249 g/mol. The summed E-state index contributed by atoms with van der Waals surface area (Å²) in [6.07, 6.45) is 3.39. The van der Waals surface area contributed by atoms with Crippen LogP contribution in [0, 0.1) is 0 Å². The van der Waals surface area contributed by atoms with E-state index < -0.39 is 5.97 Å². The maximum Gasteiger partial charge on any atom is 0.335 e. The van der Waals surface area contributed by atoms with Crippen LogP contribution in [0.15, 0.2) is 24.3 Å². The summed E-state index contributed by atoms with van der Waals surface area (Å²) in [6, 6.07) is 7.31. The van der Waals surface area contributed by atoms with E-state index in [0.717, 1.165) is 31.6 Å². The van der Waals surface area contributed by atoms with Crippen molar-refractivity contribution in [3.05, 3.63) is 29.8 Å². The summed E-state index contributed by atoms with van der Waals surface area (Å²) in [5.41, 5.74) is 1.29. The molecule has 2 rings (SSSR count). The van der Waals surface area contributed by atoms with Crippen molar-refractivity contribution in [3.63, 3.8) is 0 Å². The molecule has 1 saturated heterocycles. The Bertz CT molecular complexity index is 402. The lowest BCUT2D eigenvalue weighted by atomic mass is 10.0. The van der Waals surface area contributed by atoms with E-state index in [0.29, 0.717) is 17.7 Å². The van der Waals surface area contributed by atoms with Crippen LogP contribution in [0.4, 0.5) is 5.69 Å². The van der Waals surface area contributed by atoms with E-state index in [4.69, 9.17) is 9.84 Å². The minimum absolute atomic E-state index is 0.318. The maximum absolute atomic E-state index is 10.7. The van der Waals surface area contributed by atoms with Crippen molar-refractivity contribution in [2.45, 2.75) is 38.3 Å². The molecule has 0 amide bonds. The van der Waals surface area contributed by atoms with Gasteiger partial charge in [-0.2, -0.15) is 0 Å². The molecule has 0 bridgehead atoms. The lowest BCUT2D eigenvalue weighted by molar-refractivity contribution is 0.00925. The van der Waals surface area contributed by atoms with Crippen LogP contribution < -0.4 is 5.32 Å². The highest BCUT2D eigenvalue weighted by Gasteiger charge is 2.20. The zero-order valence-electron chi connectivity index (χ0n) is 10.6. The predicted octanol–water partition coefficient (Wildman–Crippen LogP) is 2.75. The molecule has 0 spiro atoms. The summed E-state index contributed by atoms with van der Waals surface area (Å²) in [6.45, 7) is 2.93. The molecule has 2 atom stereocenters. The van der Waals surface area contributed by atoms with Crippen molar-refractivity contribution < 1.29 is 14.6 Å². The van der Waals surface area contributed by atoms with Crippen LogP contribution in [0.2, 0.25) is 0 Å². The lowest BCUT2D eigenvalue weighted by Gasteiger charge is -2.30. The minimum atomic E-state index is -0.890. The Morgan fingerprint density at radius 3 is 2.78 bits per heavy atom. The predicted molar refractivity (Wildman–Crippen MR) is 70.1 cm³/mol. The van der Waals surface area contributed by atoms with Crippen molar-refractivity contribution in [2.75, 3.05) is 11.9 Å². The minimum Gasteiger partial charge on any atom is -0.478 e. The first-order valence-corrected chi connectivity index (χ1v) is 6.40. The van der Waals surface area contributed by atoms with Gasteiger partial charge in [0.1, 0.15) is 0 Å². The molecule has 4 heteroatoms. The number of benzene rings is 1. The van der Waals surface area contributed by atoms with Crippen LogP contribution in [0.25, 0.3) is 0 Å². The summed E-state index contributed by atoms with van der Waals surface area (Å²) >= 11 is 0. The van der Waals surface area contributed by atoms with Gasteiger partial charge < -0.3 is 15.2 Å². The summed E-state index contributed by atoms with van der Waals surface area (Å²) in [7, 11) is 0. The largest absolute Gasteiger partial charge is 0.478 e. The Hall–Kier alpha value is -1.55. The molecule has 0 radical (unpaired) electrons. The Morgan fingerprint density at radius 1 is 1.44 bits per heavy atom. The molecule has 18 heavy (non-hydrogen) atoms. The molecule has 0 aromatic heterocycles. The first-order valence-electron chi connectivity index (χ1n) is 6.40. The van der Waals surface area contributed by atoms with E-state index in [1.165, 1.54) is 0 Å². The Balaban J connectivity index is 1.94. The van der Waals surface area contributed by atoms with Crippen LogP contribution in [0.3, 0.4) is 0 Å². The first kappa shape index (κ1) is 12.9. The van der Waals surface area contributed by atoms with Gasteiger partial charge in [0, 0.05) is 18.3 Å². The number of nitrogens with one attached hydrogen (secondary N) is 1.